The van der Waals surface area contributed by atoms with Crippen molar-refractivity contribution in [3.05, 3.63) is 53.3 Å². The van der Waals surface area contributed by atoms with Crippen LogP contribution in [-0.4, -0.2) is 21.0 Å². The topological polar surface area (TPSA) is 66.0 Å². The van der Waals surface area contributed by atoms with E-state index in [4.69, 9.17) is 5.11 Å². The number of hydrogen-bond acceptors (Lipinski definition) is 2. The van der Waals surface area contributed by atoms with Crippen LogP contribution in [0.4, 0.5) is 4.39 Å². The number of carboxylic acids is 1. The molecule has 0 saturated heterocycles. The van der Waals surface area contributed by atoms with Gasteiger partial charge in [0.05, 0.1) is 11.1 Å². The third-order valence-electron chi connectivity index (χ3n) is 3.11. The number of nitrogens with one attached hydrogen (secondary N) is 1. The van der Waals surface area contributed by atoms with Gasteiger partial charge in [-0.15, -0.1) is 0 Å². The molecule has 0 unspecified atom stereocenters. The molecule has 20 heavy (non-hydrogen) atoms. The molecule has 0 amide bonds. The van der Waals surface area contributed by atoms with Gasteiger partial charge in [-0.05, 0) is 19.1 Å². The minimum absolute atomic E-state index is 0.144. The van der Waals surface area contributed by atoms with Crippen molar-refractivity contribution in [2.45, 2.75) is 6.92 Å². The standard InChI is InChI=1S/C15H11FN2O2/c1-8-2-4-9(5-3-8)14-17-12-7-10(16)6-11(15(19)20)13(12)18-14/h2-7H,1H3,(H,17,18)(H,19,20). The van der Waals surface area contributed by atoms with E-state index in [0.29, 0.717) is 11.3 Å². The number of nitrogens with zero attached hydrogens (tertiary/aromatic N) is 1. The summed E-state index contributed by atoms with van der Waals surface area (Å²) < 4.78 is 13.4. The number of carbonyl (C=O) groups is 1. The number of aromatic carboxylic acids is 1. The summed E-state index contributed by atoms with van der Waals surface area (Å²) >= 11 is 0. The predicted molar refractivity (Wildman–Crippen MR) is 73.2 cm³/mol. The van der Waals surface area contributed by atoms with Crippen molar-refractivity contribution in [1.29, 1.82) is 0 Å². The van der Waals surface area contributed by atoms with Crippen molar-refractivity contribution >= 4 is 17.0 Å². The van der Waals surface area contributed by atoms with E-state index in [-0.39, 0.29) is 11.1 Å². The molecule has 1 aromatic heterocycles. The Morgan fingerprint density at radius 1 is 1.25 bits per heavy atom. The van der Waals surface area contributed by atoms with Crippen LogP contribution in [0.3, 0.4) is 0 Å². The summed E-state index contributed by atoms with van der Waals surface area (Å²) in [6.45, 7) is 1.97. The number of benzene rings is 2. The van der Waals surface area contributed by atoms with Crippen molar-refractivity contribution in [3.63, 3.8) is 0 Å². The molecule has 0 aliphatic heterocycles. The summed E-state index contributed by atoms with van der Waals surface area (Å²) in [5.74, 6) is -1.28. The fraction of sp³-hybridized carbons (Fsp3) is 0.0667. The van der Waals surface area contributed by atoms with Gasteiger partial charge in [0.25, 0.3) is 0 Å². The number of imidazole rings is 1. The van der Waals surface area contributed by atoms with Gasteiger partial charge in [0.1, 0.15) is 17.2 Å². The van der Waals surface area contributed by atoms with E-state index < -0.39 is 11.8 Å². The van der Waals surface area contributed by atoms with Crippen LogP contribution in [0.5, 0.6) is 0 Å². The first kappa shape index (κ1) is 12.3. The lowest BCUT2D eigenvalue weighted by molar-refractivity contribution is 0.0698. The average molecular weight is 270 g/mol. The summed E-state index contributed by atoms with van der Waals surface area (Å²) in [5, 5.41) is 9.10. The number of aryl methyl sites for hydroxylation is 1. The summed E-state index contributed by atoms with van der Waals surface area (Å²) in [4.78, 5) is 18.4. The van der Waals surface area contributed by atoms with Crippen molar-refractivity contribution in [1.82, 2.24) is 9.97 Å². The molecule has 100 valence electrons. The Balaban J connectivity index is 2.22. The molecule has 0 aliphatic rings. The SMILES string of the molecule is Cc1ccc(-c2nc3c(C(=O)O)cc(F)cc3[nH]2)cc1. The number of H-pyrrole nitrogens is 1. The number of hydrogen-bond donors (Lipinski definition) is 2. The molecule has 5 heteroatoms. The summed E-state index contributed by atoms with van der Waals surface area (Å²) in [7, 11) is 0. The van der Waals surface area contributed by atoms with E-state index in [1.54, 1.807) is 0 Å². The molecule has 0 fully saturated rings. The minimum atomic E-state index is -1.20. The smallest absolute Gasteiger partial charge is 0.338 e. The predicted octanol–water partition coefficient (Wildman–Crippen LogP) is 3.38. The molecule has 3 aromatic rings. The first-order valence-electron chi connectivity index (χ1n) is 6.04. The zero-order valence-corrected chi connectivity index (χ0v) is 10.6. The molecule has 0 saturated carbocycles. The van der Waals surface area contributed by atoms with E-state index >= 15 is 0 Å². The van der Waals surface area contributed by atoms with Gasteiger partial charge in [-0.3, -0.25) is 0 Å². The van der Waals surface area contributed by atoms with Gasteiger partial charge in [-0.2, -0.15) is 0 Å². The van der Waals surface area contributed by atoms with E-state index in [1.807, 2.05) is 31.2 Å². The number of rotatable bonds is 2. The lowest BCUT2D eigenvalue weighted by atomic mass is 10.1. The van der Waals surface area contributed by atoms with Gasteiger partial charge in [0.2, 0.25) is 0 Å². The Morgan fingerprint density at radius 3 is 2.60 bits per heavy atom. The quantitative estimate of drug-likeness (QED) is 0.750. The van der Waals surface area contributed by atoms with E-state index in [1.165, 1.54) is 6.07 Å². The first-order valence-corrected chi connectivity index (χ1v) is 6.04. The largest absolute Gasteiger partial charge is 0.478 e. The molecule has 0 spiro atoms. The highest BCUT2D eigenvalue weighted by Gasteiger charge is 2.15. The van der Waals surface area contributed by atoms with Crippen LogP contribution in [0.25, 0.3) is 22.4 Å². The van der Waals surface area contributed by atoms with Crippen LogP contribution in [0.15, 0.2) is 36.4 Å². The number of halogens is 1. The maximum Gasteiger partial charge on any atom is 0.338 e. The lowest BCUT2D eigenvalue weighted by Crippen LogP contribution is -1.98. The van der Waals surface area contributed by atoms with E-state index in [9.17, 15) is 9.18 Å². The molecule has 0 aliphatic carbocycles. The van der Waals surface area contributed by atoms with Gasteiger partial charge >= 0.3 is 5.97 Å². The third kappa shape index (κ3) is 2.03. The summed E-state index contributed by atoms with van der Waals surface area (Å²) in [5.41, 5.74) is 2.42. The highest BCUT2D eigenvalue weighted by atomic mass is 19.1. The number of fused-ring (bicyclic) bond motifs is 1. The maximum absolute atomic E-state index is 13.4. The molecule has 4 nitrogen and oxygen atoms in total. The number of carboxylic acid groups (broad SMARTS) is 1. The Kier molecular flexibility index (Phi) is 2.75. The Hall–Kier alpha value is -2.69. The second-order valence-corrected chi connectivity index (χ2v) is 4.61. The second-order valence-electron chi connectivity index (χ2n) is 4.61. The lowest BCUT2D eigenvalue weighted by Gasteiger charge is -1.96. The fourth-order valence-corrected chi connectivity index (χ4v) is 2.09. The molecule has 0 bridgehead atoms. The second kappa shape index (κ2) is 4.45. The van der Waals surface area contributed by atoms with Crippen LogP contribution < -0.4 is 0 Å². The van der Waals surface area contributed by atoms with Crippen LogP contribution in [0.1, 0.15) is 15.9 Å². The number of aromatic nitrogens is 2. The van der Waals surface area contributed by atoms with Crippen molar-refractivity contribution < 1.29 is 14.3 Å². The molecule has 1 heterocycles. The highest BCUT2D eigenvalue weighted by molar-refractivity contribution is 6.01. The van der Waals surface area contributed by atoms with Crippen LogP contribution in [0, 0.1) is 12.7 Å². The molecule has 3 rings (SSSR count). The highest BCUT2D eigenvalue weighted by Crippen LogP contribution is 2.24. The van der Waals surface area contributed by atoms with Crippen molar-refractivity contribution in [3.8, 4) is 11.4 Å². The van der Waals surface area contributed by atoms with Crippen LogP contribution in [0.2, 0.25) is 0 Å². The van der Waals surface area contributed by atoms with Gasteiger partial charge < -0.3 is 10.1 Å². The fourth-order valence-electron chi connectivity index (χ4n) is 2.09. The Labute approximate surface area is 113 Å². The Bertz CT molecular complexity index is 807. The zero-order valence-electron chi connectivity index (χ0n) is 10.6. The maximum atomic E-state index is 13.4. The Morgan fingerprint density at radius 2 is 1.95 bits per heavy atom. The van der Waals surface area contributed by atoms with Gasteiger partial charge in [0, 0.05) is 5.56 Å². The number of aromatic amines is 1. The van der Waals surface area contributed by atoms with Crippen molar-refractivity contribution in [2.75, 3.05) is 0 Å². The minimum Gasteiger partial charge on any atom is -0.478 e. The summed E-state index contributed by atoms with van der Waals surface area (Å²) in [6, 6.07) is 9.84. The average Bonchev–Trinajstić information content (AvgIpc) is 2.81. The molecule has 0 radical (unpaired) electrons. The normalized spacial score (nSPS) is 10.9. The summed E-state index contributed by atoms with van der Waals surface area (Å²) in [6.07, 6.45) is 0. The van der Waals surface area contributed by atoms with Crippen molar-refractivity contribution in [2.24, 2.45) is 0 Å². The molecular formula is C15H11FN2O2. The first-order chi connectivity index (χ1) is 9.54. The van der Waals surface area contributed by atoms with Crippen LogP contribution >= 0.6 is 0 Å². The molecule has 2 aromatic carbocycles. The van der Waals surface area contributed by atoms with E-state index in [0.717, 1.165) is 17.2 Å². The molecular weight excluding hydrogens is 259 g/mol. The van der Waals surface area contributed by atoms with Gasteiger partial charge in [-0.1, -0.05) is 29.8 Å². The van der Waals surface area contributed by atoms with Gasteiger partial charge in [-0.25, -0.2) is 14.2 Å². The molecule has 2 N–H and O–H groups in total. The monoisotopic (exact) mass is 270 g/mol. The van der Waals surface area contributed by atoms with Crippen LogP contribution in [-0.2, 0) is 0 Å². The van der Waals surface area contributed by atoms with Gasteiger partial charge in [0.15, 0.2) is 0 Å². The zero-order chi connectivity index (χ0) is 14.3. The molecule has 0 atom stereocenters. The third-order valence-corrected chi connectivity index (χ3v) is 3.11. The van der Waals surface area contributed by atoms with E-state index in [2.05, 4.69) is 9.97 Å².